The molecule has 2 aromatic carbocycles. The number of aromatic nitrogens is 2. The summed E-state index contributed by atoms with van der Waals surface area (Å²) in [5, 5.41) is 5.65. The lowest BCUT2D eigenvalue weighted by Gasteiger charge is -2.36. The van der Waals surface area contributed by atoms with Crippen LogP contribution in [0.2, 0.25) is 10.0 Å². The van der Waals surface area contributed by atoms with Gasteiger partial charge in [-0.25, -0.2) is 4.68 Å². The van der Waals surface area contributed by atoms with Crippen LogP contribution in [-0.4, -0.2) is 46.8 Å². The molecule has 2 heterocycles. The summed E-state index contributed by atoms with van der Waals surface area (Å²) in [6, 6.07) is 15.5. The number of benzene rings is 2. The summed E-state index contributed by atoms with van der Waals surface area (Å²) < 4.78 is 1.74. The highest BCUT2D eigenvalue weighted by Gasteiger charge is 2.26. The molecule has 0 atom stereocenters. The van der Waals surface area contributed by atoms with Crippen LogP contribution in [0.15, 0.2) is 48.5 Å². The number of anilines is 1. The van der Waals surface area contributed by atoms with Gasteiger partial charge in [0.05, 0.1) is 27.1 Å². The summed E-state index contributed by atoms with van der Waals surface area (Å²) in [5.74, 6) is -0.0102. The summed E-state index contributed by atoms with van der Waals surface area (Å²) in [5.41, 5.74) is 4.33. The Morgan fingerprint density at radius 1 is 0.966 bits per heavy atom. The molecular weight excluding hydrogens is 407 g/mol. The summed E-state index contributed by atoms with van der Waals surface area (Å²) in [6.07, 6.45) is 0. The first-order chi connectivity index (χ1) is 13.9. The van der Waals surface area contributed by atoms with Gasteiger partial charge in [0, 0.05) is 26.2 Å². The van der Waals surface area contributed by atoms with Gasteiger partial charge < -0.3 is 9.80 Å². The SMILES string of the molecule is Cc1cccc(-n2nc(C)cc2C(=O)N2CCN(c3cccc(Cl)c3Cl)CC2)c1. The molecule has 3 aromatic rings. The largest absolute Gasteiger partial charge is 0.367 e. The van der Waals surface area contributed by atoms with Crippen molar-refractivity contribution < 1.29 is 4.79 Å². The quantitative estimate of drug-likeness (QED) is 0.603. The number of hydrogen-bond donors (Lipinski definition) is 0. The molecule has 4 rings (SSSR count). The second-order valence-electron chi connectivity index (χ2n) is 7.27. The standard InChI is InChI=1S/C22H22Cl2N4O/c1-15-5-3-6-17(13-15)28-20(14-16(2)25-28)22(29)27-11-9-26(10-12-27)19-8-4-7-18(23)21(19)24/h3-8,13-14H,9-12H2,1-2H3. The van der Waals surface area contributed by atoms with Gasteiger partial charge in [0.15, 0.2) is 0 Å². The van der Waals surface area contributed by atoms with Gasteiger partial charge in [0.25, 0.3) is 5.91 Å². The summed E-state index contributed by atoms with van der Waals surface area (Å²) in [6.45, 7) is 6.55. The summed E-state index contributed by atoms with van der Waals surface area (Å²) >= 11 is 12.5. The molecule has 0 N–H and O–H groups in total. The van der Waals surface area contributed by atoms with Gasteiger partial charge in [-0.15, -0.1) is 0 Å². The Bertz CT molecular complexity index is 1050. The highest BCUT2D eigenvalue weighted by atomic mass is 35.5. The molecule has 0 aliphatic carbocycles. The van der Waals surface area contributed by atoms with E-state index in [4.69, 9.17) is 23.2 Å². The van der Waals surface area contributed by atoms with Gasteiger partial charge in [-0.05, 0) is 49.7 Å². The van der Waals surface area contributed by atoms with Gasteiger partial charge in [0.1, 0.15) is 5.69 Å². The first-order valence-electron chi connectivity index (χ1n) is 9.56. The Morgan fingerprint density at radius 2 is 1.69 bits per heavy atom. The molecular formula is C22H22Cl2N4O. The van der Waals surface area contributed by atoms with Crippen LogP contribution in [0, 0.1) is 13.8 Å². The van der Waals surface area contributed by atoms with Crippen molar-refractivity contribution in [3.05, 3.63) is 75.5 Å². The smallest absolute Gasteiger partial charge is 0.272 e. The van der Waals surface area contributed by atoms with Crippen molar-refractivity contribution in [2.45, 2.75) is 13.8 Å². The van der Waals surface area contributed by atoms with Crippen LogP contribution >= 0.6 is 23.2 Å². The fourth-order valence-corrected chi connectivity index (χ4v) is 4.07. The van der Waals surface area contributed by atoms with E-state index < -0.39 is 0 Å². The van der Waals surface area contributed by atoms with Crippen molar-refractivity contribution in [2.75, 3.05) is 31.1 Å². The fourth-order valence-electron chi connectivity index (χ4n) is 3.66. The Morgan fingerprint density at radius 3 is 2.41 bits per heavy atom. The molecule has 7 heteroatoms. The maximum Gasteiger partial charge on any atom is 0.272 e. The molecule has 0 spiro atoms. The highest BCUT2D eigenvalue weighted by Crippen LogP contribution is 2.33. The molecule has 1 fully saturated rings. The van der Waals surface area contributed by atoms with E-state index in [2.05, 4.69) is 10.00 Å². The van der Waals surface area contributed by atoms with E-state index in [1.54, 1.807) is 10.7 Å². The number of amides is 1. The number of rotatable bonds is 3. The highest BCUT2D eigenvalue weighted by molar-refractivity contribution is 6.43. The third kappa shape index (κ3) is 3.98. The molecule has 0 bridgehead atoms. The van der Waals surface area contributed by atoms with Gasteiger partial charge in [-0.2, -0.15) is 5.10 Å². The summed E-state index contributed by atoms with van der Waals surface area (Å²) in [4.78, 5) is 17.3. The molecule has 5 nitrogen and oxygen atoms in total. The lowest BCUT2D eigenvalue weighted by atomic mass is 10.2. The molecule has 0 radical (unpaired) electrons. The van der Waals surface area contributed by atoms with Gasteiger partial charge >= 0.3 is 0 Å². The van der Waals surface area contributed by atoms with Crippen molar-refractivity contribution in [3.63, 3.8) is 0 Å². The van der Waals surface area contributed by atoms with E-state index in [1.807, 2.05) is 61.2 Å². The molecule has 0 saturated carbocycles. The minimum atomic E-state index is -0.0102. The van der Waals surface area contributed by atoms with Crippen LogP contribution in [0.3, 0.4) is 0 Å². The maximum absolute atomic E-state index is 13.3. The lowest BCUT2D eigenvalue weighted by molar-refractivity contribution is 0.0737. The second kappa shape index (κ2) is 8.09. The predicted molar refractivity (Wildman–Crippen MR) is 118 cm³/mol. The zero-order valence-corrected chi connectivity index (χ0v) is 17.9. The average molecular weight is 429 g/mol. The van der Waals surface area contributed by atoms with Gasteiger partial charge in [-0.1, -0.05) is 41.4 Å². The van der Waals surface area contributed by atoms with Crippen LogP contribution < -0.4 is 4.90 Å². The van der Waals surface area contributed by atoms with Crippen molar-refractivity contribution >= 4 is 34.8 Å². The molecule has 1 aromatic heterocycles. The van der Waals surface area contributed by atoms with Crippen LogP contribution in [0.1, 0.15) is 21.7 Å². The molecule has 0 unspecified atom stereocenters. The number of carbonyl (C=O) groups is 1. The van der Waals surface area contributed by atoms with Gasteiger partial charge in [0.2, 0.25) is 0 Å². The molecule has 1 saturated heterocycles. The zero-order valence-electron chi connectivity index (χ0n) is 16.4. The Labute approximate surface area is 180 Å². The number of aryl methyl sites for hydroxylation is 2. The monoisotopic (exact) mass is 428 g/mol. The van der Waals surface area contributed by atoms with E-state index in [0.717, 1.165) is 22.6 Å². The fraction of sp³-hybridized carbons (Fsp3) is 0.273. The molecule has 1 aliphatic heterocycles. The van der Waals surface area contributed by atoms with Crippen molar-refractivity contribution in [3.8, 4) is 5.69 Å². The normalized spacial score (nSPS) is 14.3. The third-order valence-corrected chi connectivity index (χ3v) is 5.94. The minimum Gasteiger partial charge on any atom is -0.367 e. The van der Waals surface area contributed by atoms with Crippen molar-refractivity contribution in [2.24, 2.45) is 0 Å². The van der Waals surface area contributed by atoms with Crippen LogP contribution in [0.25, 0.3) is 5.69 Å². The van der Waals surface area contributed by atoms with Crippen LogP contribution in [0.5, 0.6) is 0 Å². The lowest BCUT2D eigenvalue weighted by Crippen LogP contribution is -2.49. The zero-order chi connectivity index (χ0) is 20.5. The molecule has 150 valence electrons. The Hall–Kier alpha value is -2.50. The number of carbonyl (C=O) groups excluding carboxylic acids is 1. The van der Waals surface area contributed by atoms with E-state index in [-0.39, 0.29) is 5.91 Å². The number of nitrogens with zero attached hydrogens (tertiary/aromatic N) is 4. The molecule has 1 aliphatic rings. The van der Waals surface area contributed by atoms with Gasteiger partial charge in [-0.3, -0.25) is 4.79 Å². The Kier molecular flexibility index (Phi) is 5.52. The van der Waals surface area contributed by atoms with Crippen LogP contribution in [0.4, 0.5) is 5.69 Å². The molecule has 29 heavy (non-hydrogen) atoms. The third-order valence-electron chi connectivity index (χ3n) is 5.14. The van der Waals surface area contributed by atoms with Crippen LogP contribution in [-0.2, 0) is 0 Å². The topological polar surface area (TPSA) is 41.4 Å². The first kappa shape index (κ1) is 19.8. The predicted octanol–water partition coefficient (Wildman–Crippen LogP) is 4.76. The van der Waals surface area contributed by atoms with E-state index in [9.17, 15) is 4.79 Å². The number of hydrogen-bond acceptors (Lipinski definition) is 3. The summed E-state index contributed by atoms with van der Waals surface area (Å²) in [7, 11) is 0. The first-order valence-corrected chi connectivity index (χ1v) is 10.3. The second-order valence-corrected chi connectivity index (χ2v) is 8.06. The van der Waals surface area contributed by atoms with E-state index >= 15 is 0 Å². The maximum atomic E-state index is 13.3. The molecule has 1 amide bonds. The number of halogens is 2. The number of piperazine rings is 1. The minimum absolute atomic E-state index is 0.0102. The Balaban J connectivity index is 1.53. The van der Waals surface area contributed by atoms with Crippen molar-refractivity contribution in [1.82, 2.24) is 14.7 Å². The van der Waals surface area contributed by atoms with E-state index in [1.165, 1.54) is 0 Å². The average Bonchev–Trinajstić information content (AvgIpc) is 3.11. The van der Waals surface area contributed by atoms with E-state index in [0.29, 0.717) is 41.9 Å². The van der Waals surface area contributed by atoms with Crippen molar-refractivity contribution in [1.29, 1.82) is 0 Å².